The Morgan fingerprint density at radius 2 is 1.62 bits per heavy atom. The van der Waals surface area contributed by atoms with Crippen LogP contribution >= 0.6 is 11.6 Å². The van der Waals surface area contributed by atoms with E-state index in [0.29, 0.717) is 35.3 Å². The van der Waals surface area contributed by atoms with Crippen LogP contribution in [0.4, 0.5) is 5.82 Å². The summed E-state index contributed by atoms with van der Waals surface area (Å²) >= 11 is 6.22. The molecule has 174 valence electrons. The number of rotatable bonds is 6. The average Bonchev–Trinajstić information content (AvgIpc) is 2.81. The summed E-state index contributed by atoms with van der Waals surface area (Å²) in [6, 6.07) is 21.4. The highest BCUT2D eigenvalue weighted by atomic mass is 35.5. The predicted molar refractivity (Wildman–Crippen MR) is 141 cm³/mol. The number of hydrogen-bond donors (Lipinski definition) is 2. The fourth-order valence-corrected chi connectivity index (χ4v) is 3.82. The molecular weight excluding hydrogens is 444 g/mol. The Morgan fingerprint density at radius 1 is 0.912 bits per heavy atom. The van der Waals surface area contributed by atoms with Crippen LogP contribution in [0.5, 0.6) is 0 Å². The Balaban J connectivity index is 1.46. The first-order valence-corrected chi connectivity index (χ1v) is 11.8. The molecule has 0 saturated carbocycles. The number of carbonyl (C=O) groups is 1. The molecule has 1 amide bonds. The number of aromatic nitrogens is 2. The molecule has 3 aromatic carbocycles. The van der Waals surface area contributed by atoms with Gasteiger partial charge in [-0.15, -0.1) is 0 Å². The Kier molecular flexibility index (Phi) is 6.85. The molecule has 2 N–H and O–H groups in total. The molecule has 0 atom stereocenters. The van der Waals surface area contributed by atoms with Gasteiger partial charge in [-0.05, 0) is 48.2 Å². The number of aryl methyl sites for hydroxylation is 1. The smallest absolute Gasteiger partial charge is 0.251 e. The van der Waals surface area contributed by atoms with Crippen LogP contribution in [0.25, 0.3) is 22.3 Å². The Morgan fingerprint density at radius 3 is 2.29 bits per heavy atom. The van der Waals surface area contributed by atoms with Crippen molar-refractivity contribution in [2.45, 2.75) is 33.1 Å². The molecule has 4 rings (SSSR count). The van der Waals surface area contributed by atoms with Crippen LogP contribution in [0.15, 0.2) is 66.7 Å². The Hall–Kier alpha value is -3.44. The maximum atomic E-state index is 12.6. The molecule has 1 heterocycles. The maximum absolute atomic E-state index is 12.6. The van der Waals surface area contributed by atoms with Crippen LogP contribution in [0.2, 0.25) is 5.02 Å². The van der Waals surface area contributed by atoms with E-state index in [1.165, 1.54) is 11.1 Å². The van der Waals surface area contributed by atoms with Gasteiger partial charge in [-0.25, -0.2) is 9.97 Å². The molecule has 0 spiro atoms. The molecule has 0 unspecified atom stereocenters. The number of nitrogens with one attached hydrogen (secondary N) is 2. The SMILES string of the molecule is Cc1ccc(-c2nc(NCCNC(=O)c3ccc(C(C)(C)C)cc3)c3ccc(Cl)cc3n2)cc1. The lowest BCUT2D eigenvalue weighted by Gasteiger charge is -2.19. The summed E-state index contributed by atoms with van der Waals surface area (Å²) in [5, 5.41) is 7.83. The van der Waals surface area contributed by atoms with E-state index in [-0.39, 0.29) is 11.3 Å². The second-order valence-electron chi connectivity index (χ2n) is 9.43. The first-order valence-electron chi connectivity index (χ1n) is 11.4. The van der Waals surface area contributed by atoms with Gasteiger partial charge in [-0.2, -0.15) is 0 Å². The van der Waals surface area contributed by atoms with E-state index in [0.717, 1.165) is 16.5 Å². The molecule has 4 aromatic rings. The van der Waals surface area contributed by atoms with Crippen molar-refractivity contribution in [2.75, 3.05) is 18.4 Å². The molecule has 0 fully saturated rings. The normalized spacial score (nSPS) is 11.4. The van der Waals surface area contributed by atoms with Crippen molar-refractivity contribution >= 4 is 34.2 Å². The first kappa shape index (κ1) is 23.7. The van der Waals surface area contributed by atoms with Gasteiger partial charge in [-0.3, -0.25) is 4.79 Å². The standard InChI is InChI=1S/C28H29ClN4O/c1-18-5-7-19(8-6-18)25-32-24-17-22(29)13-14-23(24)26(33-25)30-15-16-31-27(34)20-9-11-21(12-10-20)28(2,3)4/h5-14,17H,15-16H2,1-4H3,(H,31,34)(H,30,32,33). The lowest BCUT2D eigenvalue weighted by atomic mass is 9.87. The van der Waals surface area contributed by atoms with Gasteiger partial charge >= 0.3 is 0 Å². The minimum absolute atomic E-state index is 0.0564. The minimum Gasteiger partial charge on any atom is -0.368 e. The van der Waals surface area contributed by atoms with Crippen molar-refractivity contribution in [3.63, 3.8) is 0 Å². The zero-order chi connectivity index (χ0) is 24.3. The molecule has 1 aromatic heterocycles. The molecule has 6 heteroatoms. The number of anilines is 1. The molecule has 5 nitrogen and oxygen atoms in total. The third-order valence-corrected chi connectivity index (χ3v) is 5.92. The first-order chi connectivity index (χ1) is 16.2. The predicted octanol–water partition coefficient (Wildman–Crippen LogP) is 6.40. The summed E-state index contributed by atoms with van der Waals surface area (Å²) in [5.74, 6) is 1.24. The molecule has 0 saturated heterocycles. The molecule has 0 bridgehead atoms. The Labute approximate surface area is 205 Å². The number of hydrogen-bond acceptors (Lipinski definition) is 4. The highest BCUT2D eigenvalue weighted by molar-refractivity contribution is 6.31. The van der Waals surface area contributed by atoms with Crippen LogP contribution in [-0.4, -0.2) is 29.0 Å². The van der Waals surface area contributed by atoms with Gasteiger partial charge in [0.25, 0.3) is 5.91 Å². The van der Waals surface area contributed by atoms with E-state index in [4.69, 9.17) is 21.6 Å². The summed E-state index contributed by atoms with van der Waals surface area (Å²) in [4.78, 5) is 22.0. The van der Waals surface area contributed by atoms with E-state index in [2.05, 4.69) is 31.4 Å². The lowest BCUT2D eigenvalue weighted by molar-refractivity contribution is 0.0955. The van der Waals surface area contributed by atoms with Gasteiger partial charge in [0, 0.05) is 34.6 Å². The quantitative estimate of drug-likeness (QED) is 0.319. The van der Waals surface area contributed by atoms with E-state index in [9.17, 15) is 4.79 Å². The third kappa shape index (κ3) is 5.54. The van der Waals surface area contributed by atoms with Gasteiger partial charge in [0.1, 0.15) is 5.82 Å². The third-order valence-electron chi connectivity index (χ3n) is 5.68. The van der Waals surface area contributed by atoms with E-state index >= 15 is 0 Å². The average molecular weight is 473 g/mol. The topological polar surface area (TPSA) is 66.9 Å². The molecular formula is C28H29ClN4O. The van der Waals surface area contributed by atoms with E-state index in [1.54, 1.807) is 0 Å². The second-order valence-corrected chi connectivity index (χ2v) is 9.87. The fourth-order valence-electron chi connectivity index (χ4n) is 3.65. The zero-order valence-corrected chi connectivity index (χ0v) is 20.7. The zero-order valence-electron chi connectivity index (χ0n) is 19.9. The van der Waals surface area contributed by atoms with Crippen LogP contribution in [0.1, 0.15) is 42.3 Å². The summed E-state index contributed by atoms with van der Waals surface area (Å²) in [6.07, 6.45) is 0. The largest absolute Gasteiger partial charge is 0.368 e. The summed E-state index contributed by atoms with van der Waals surface area (Å²) < 4.78 is 0. The number of nitrogens with zero attached hydrogens (tertiary/aromatic N) is 2. The number of benzene rings is 3. The van der Waals surface area contributed by atoms with Crippen molar-refractivity contribution in [3.05, 3.63) is 88.4 Å². The van der Waals surface area contributed by atoms with Crippen molar-refractivity contribution in [1.82, 2.24) is 15.3 Å². The van der Waals surface area contributed by atoms with E-state index < -0.39 is 0 Å². The fraction of sp³-hybridized carbons (Fsp3) is 0.250. The van der Waals surface area contributed by atoms with Gasteiger partial charge in [-0.1, -0.05) is 74.3 Å². The summed E-state index contributed by atoms with van der Waals surface area (Å²) in [6.45, 7) is 9.49. The van der Waals surface area contributed by atoms with Gasteiger partial charge < -0.3 is 10.6 Å². The molecule has 0 aliphatic heterocycles. The number of fused-ring (bicyclic) bond motifs is 1. The van der Waals surface area contributed by atoms with Crippen molar-refractivity contribution in [1.29, 1.82) is 0 Å². The number of halogens is 1. The van der Waals surface area contributed by atoms with Crippen molar-refractivity contribution in [3.8, 4) is 11.4 Å². The highest BCUT2D eigenvalue weighted by Crippen LogP contribution is 2.27. The second kappa shape index (κ2) is 9.82. The molecule has 0 aliphatic carbocycles. The van der Waals surface area contributed by atoms with Crippen molar-refractivity contribution < 1.29 is 4.79 Å². The van der Waals surface area contributed by atoms with Crippen LogP contribution < -0.4 is 10.6 Å². The maximum Gasteiger partial charge on any atom is 0.251 e. The van der Waals surface area contributed by atoms with Crippen LogP contribution in [0, 0.1) is 6.92 Å². The number of carbonyl (C=O) groups excluding carboxylic acids is 1. The van der Waals surface area contributed by atoms with Crippen LogP contribution in [0.3, 0.4) is 0 Å². The molecule has 0 aliphatic rings. The van der Waals surface area contributed by atoms with Crippen LogP contribution in [-0.2, 0) is 5.41 Å². The minimum atomic E-state index is -0.0954. The lowest BCUT2D eigenvalue weighted by Crippen LogP contribution is -2.29. The van der Waals surface area contributed by atoms with Gasteiger partial charge in [0.05, 0.1) is 5.52 Å². The van der Waals surface area contributed by atoms with Crippen molar-refractivity contribution in [2.24, 2.45) is 0 Å². The van der Waals surface area contributed by atoms with Gasteiger partial charge in [0.2, 0.25) is 0 Å². The monoisotopic (exact) mass is 472 g/mol. The van der Waals surface area contributed by atoms with Gasteiger partial charge in [0.15, 0.2) is 5.82 Å². The van der Waals surface area contributed by atoms with E-state index in [1.807, 2.05) is 73.7 Å². The number of amides is 1. The highest BCUT2D eigenvalue weighted by Gasteiger charge is 2.14. The molecule has 34 heavy (non-hydrogen) atoms. The summed E-state index contributed by atoms with van der Waals surface area (Å²) in [7, 11) is 0. The summed E-state index contributed by atoms with van der Waals surface area (Å²) in [5.41, 5.74) is 4.78. The Bertz CT molecular complexity index is 1310. The molecule has 0 radical (unpaired) electrons.